The molecule has 3 rings (SSSR count). The van der Waals surface area contributed by atoms with E-state index in [1.54, 1.807) is 24.3 Å². The Hall–Kier alpha value is -3.35. The number of amides is 2. The van der Waals surface area contributed by atoms with Gasteiger partial charge in [-0.05, 0) is 29.7 Å². The number of hydrogen-bond acceptors (Lipinski definition) is 8. The molecule has 6 N–H and O–H groups in total. The first kappa shape index (κ1) is 32.2. The first-order valence-corrected chi connectivity index (χ1v) is 13.9. The van der Waals surface area contributed by atoms with E-state index >= 15 is 0 Å². The van der Waals surface area contributed by atoms with E-state index in [0.29, 0.717) is 12.0 Å². The highest BCUT2D eigenvalue weighted by Gasteiger charge is 2.55. The number of carbonyl (C=O) groups is 3. The molecule has 2 aromatic carbocycles. The van der Waals surface area contributed by atoms with Crippen molar-refractivity contribution >= 4 is 17.8 Å². The molecule has 11 nitrogen and oxygen atoms in total. The predicted molar refractivity (Wildman–Crippen MR) is 150 cm³/mol. The van der Waals surface area contributed by atoms with Crippen molar-refractivity contribution in [3.05, 3.63) is 60.2 Å². The first-order valence-electron chi connectivity index (χ1n) is 13.9. The number of carbonyl (C=O) groups excluding carboxylic acids is 2. The van der Waals surface area contributed by atoms with Crippen molar-refractivity contribution in [3.8, 4) is 11.1 Å². The van der Waals surface area contributed by atoms with Gasteiger partial charge in [-0.3, -0.25) is 9.59 Å². The van der Waals surface area contributed by atoms with Gasteiger partial charge in [-0.2, -0.15) is 0 Å². The summed E-state index contributed by atoms with van der Waals surface area (Å²) in [4.78, 5) is 36.8. The smallest absolute Gasteiger partial charge is 0.364 e. The Labute approximate surface area is 239 Å². The minimum absolute atomic E-state index is 0.0360. The number of nitrogens with one attached hydrogen (secondary N) is 2. The summed E-state index contributed by atoms with van der Waals surface area (Å²) in [7, 11) is 0. The van der Waals surface area contributed by atoms with Gasteiger partial charge in [-0.25, -0.2) is 4.79 Å². The van der Waals surface area contributed by atoms with E-state index in [1.807, 2.05) is 37.3 Å². The zero-order valence-corrected chi connectivity index (χ0v) is 23.4. The summed E-state index contributed by atoms with van der Waals surface area (Å²) in [5.74, 6) is -4.86. The van der Waals surface area contributed by atoms with Crippen LogP contribution in [0.5, 0.6) is 0 Å². The number of aliphatic hydroxyl groups is 3. The highest BCUT2D eigenvalue weighted by molar-refractivity contribution is 5.94. The van der Waals surface area contributed by atoms with Crippen molar-refractivity contribution < 1.29 is 44.3 Å². The molecule has 0 aliphatic carbocycles. The van der Waals surface area contributed by atoms with Gasteiger partial charge in [0.1, 0.15) is 12.2 Å². The van der Waals surface area contributed by atoms with Gasteiger partial charge in [0.05, 0.1) is 24.9 Å². The van der Waals surface area contributed by atoms with E-state index in [0.717, 1.165) is 30.4 Å². The Morgan fingerprint density at radius 3 is 2.29 bits per heavy atom. The average Bonchev–Trinajstić information content (AvgIpc) is 2.96. The quantitative estimate of drug-likeness (QED) is 0.185. The summed E-state index contributed by atoms with van der Waals surface area (Å²) in [6, 6.07) is 15.2. The monoisotopic (exact) mass is 572 g/mol. The third-order valence-electron chi connectivity index (χ3n) is 7.06. The molecule has 2 aromatic rings. The molecule has 1 saturated heterocycles. The molecule has 2 amide bonds. The van der Waals surface area contributed by atoms with Crippen molar-refractivity contribution in [2.45, 2.75) is 82.2 Å². The first-order chi connectivity index (χ1) is 19.6. The molecule has 6 atom stereocenters. The zero-order valence-electron chi connectivity index (χ0n) is 23.4. The maximum atomic E-state index is 12.7. The molecule has 41 heavy (non-hydrogen) atoms. The van der Waals surface area contributed by atoms with Gasteiger partial charge in [0, 0.05) is 25.5 Å². The minimum atomic E-state index is -2.30. The molecule has 1 aliphatic heterocycles. The second-order valence-corrected chi connectivity index (χ2v) is 10.3. The van der Waals surface area contributed by atoms with Crippen LogP contribution in [0, 0.1) is 0 Å². The van der Waals surface area contributed by atoms with Crippen molar-refractivity contribution in [2.75, 3.05) is 13.2 Å². The Morgan fingerprint density at radius 1 is 1.02 bits per heavy atom. The molecule has 0 aromatic heterocycles. The van der Waals surface area contributed by atoms with Crippen LogP contribution in [-0.2, 0) is 19.1 Å². The van der Waals surface area contributed by atoms with Crippen molar-refractivity contribution in [1.82, 2.24) is 10.6 Å². The molecule has 0 radical (unpaired) electrons. The molecular weight excluding hydrogens is 532 g/mol. The summed E-state index contributed by atoms with van der Waals surface area (Å²) in [5.41, 5.74) is 2.24. The van der Waals surface area contributed by atoms with Crippen molar-refractivity contribution in [2.24, 2.45) is 0 Å². The Kier molecular flexibility index (Phi) is 11.8. The van der Waals surface area contributed by atoms with Crippen LogP contribution >= 0.6 is 0 Å². The molecule has 2 unspecified atom stereocenters. The lowest BCUT2D eigenvalue weighted by atomic mass is 9.88. The van der Waals surface area contributed by atoms with Crippen molar-refractivity contribution in [1.29, 1.82) is 0 Å². The third-order valence-corrected chi connectivity index (χ3v) is 7.06. The zero-order chi connectivity index (χ0) is 30.0. The second kappa shape index (κ2) is 15.0. The summed E-state index contributed by atoms with van der Waals surface area (Å²) in [5, 5.41) is 47.5. The topological polar surface area (TPSA) is 175 Å². The molecule has 11 heteroatoms. The van der Waals surface area contributed by atoms with E-state index in [1.165, 1.54) is 6.92 Å². The van der Waals surface area contributed by atoms with Crippen LogP contribution in [-0.4, -0.2) is 87.6 Å². The fourth-order valence-corrected chi connectivity index (χ4v) is 4.80. The van der Waals surface area contributed by atoms with E-state index in [2.05, 4.69) is 10.6 Å². The van der Waals surface area contributed by atoms with Gasteiger partial charge in [0.15, 0.2) is 0 Å². The number of carboxylic acids is 1. The third kappa shape index (κ3) is 8.57. The number of carboxylic acid groups (broad SMARTS) is 1. The van der Waals surface area contributed by atoms with Crippen LogP contribution in [0.1, 0.15) is 56.3 Å². The highest BCUT2D eigenvalue weighted by Crippen LogP contribution is 2.34. The number of unbranched alkanes of at least 4 members (excludes halogenated alkanes) is 3. The molecule has 1 aliphatic rings. The summed E-state index contributed by atoms with van der Waals surface area (Å²) in [6.45, 7) is 2.85. The number of aliphatic hydroxyl groups excluding tert-OH is 3. The molecule has 0 spiro atoms. The maximum Gasteiger partial charge on any atom is 0.364 e. The lowest BCUT2D eigenvalue weighted by molar-refractivity contribution is -0.310. The van der Waals surface area contributed by atoms with Gasteiger partial charge in [0.2, 0.25) is 5.91 Å². The van der Waals surface area contributed by atoms with E-state index in [-0.39, 0.29) is 6.61 Å². The summed E-state index contributed by atoms with van der Waals surface area (Å²) < 4.78 is 11.3. The number of rotatable bonds is 14. The molecule has 1 heterocycles. The predicted octanol–water partition coefficient (Wildman–Crippen LogP) is 1.84. The molecule has 224 valence electrons. The lowest BCUT2D eigenvalue weighted by Gasteiger charge is -2.46. The fraction of sp³-hybridized carbons (Fsp3) is 0.500. The molecular formula is C30H40N2O9. The SMILES string of the molecule is CCCCCCO[C@]1(C(=O)O)CC(O)[C@@H](NC(C)=O)[C@H](C(O)[C@H](O)CNC(=O)c2ccc(-c3ccccc3)cc2)O1. The maximum absolute atomic E-state index is 12.7. The van der Waals surface area contributed by atoms with E-state index in [4.69, 9.17) is 9.47 Å². The molecule has 0 saturated carbocycles. The van der Waals surface area contributed by atoms with E-state index < -0.39 is 67.0 Å². The van der Waals surface area contributed by atoms with Crippen LogP contribution in [0.25, 0.3) is 11.1 Å². The largest absolute Gasteiger partial charge is 0.477 e. The fourth-order valence-electron chi connectivity index (χ4n) is 4.80. The highest BCUT2D eigenvalue weighted by atomic mass is 16.7. The number of aliphatic carboxylic acids is 1. The van der Waals surface area contributed by atoms with Crippen molar-refractivity contribution in [3.63, 3.8) is 0 Å². The average molecular weight is 573 g/mol. The van der Waals surface area contributed by atoms with Crippen LogP contribution in [0.15, 0.2) is 54.6 Å². The van der Waals surface area contributed by atoms with Crippen LogP contribution in [0.4, 0.5) is 0 Å². The molecule has 0 bridgehead atoms. The van der Waals surface area contributed by atoms with Crippen LogP contribution < -0.4 is 10.6 Å². The molecule has 1 fully saturated rings. The van der Waals surface area contributed by atoms with Gasteiger partial charge in [-0.1, -0.05) is 68.7 Å². The second-order valence-electron chi connectivity index (χ2n) is 10.3. The lowest BCUT2D eigenvalue weighted by Crippen LogP contribution is -2.68. The van der Waals surface area contributed by atoms with Crippen LogP contribution in [0.2, 0.25) is 0 Å². The Bertz CT molecular complexity index is 1140. The van der Waals surface area contributed by atoms with E-state index in [9.17, 15) is 34.8 Å². The van der Waals surface area contributed by atoms with Gasteiger partial charge in [-0.15, -0.1) is 0 Å². The number of hydrogen-bond donors (Lipinski definition) is 6. The number of benzene rings is 2. The number of ether oxygens (including phenoxy) is 2. The van der Waals surface area contributed by atoms with Gasteiger partial charge < -0.3 is 40.5 Å². The van der Waals surface area contributed by atoms with Gasteiger partial charge in [0.25, 0.3) is 11.7 Å². The minimum Gasteiger partial charge on any atom is -0.477 e. The summed E-state index contributed by atoms with van der Waals surface area (Å²) in [6.07, 6.45) is -3.69. The Morgan fingerprint density at radius 2 is 1.68 bits per heavy atom. The standard InChI is InChI=1S/C30H40N2O9/c1-3-4-5-9-16-40-30(29(38)39)17-23(34)25(32-19(2)33)27(41-30)26(36)24(35)18-31-28(37)22-14-12-21(13-15-22)20-10-7-6-8-11-20/h6-8,10-15,23-27,34-36H,3-5,9,16-18H2,1-2H3,(H,31,37)(H,32,33)(H,38,39)/t23?,24-,25-,26?,27-,30-/m1/s1. The normalized spacial score (nSPS) is 23.8. The van der Waals surface area contributed by atoms with Gasteiger partial charge >= 0.3 is 5.97 Å². The Balaban J connectivity index is 1.69. The summed E-state index contributed by atoms with van der Waals surface area (Å²) >= 11 is 0. The van der Waals surface area contributed by atoms with Crippen LogP contribution in [0.3, 0.4) is 0 Å².